The number of benzene rings is 3. The van der Waals surface area contributed by atoms with Gasteiger partial charge in [0.05, 0.1) is 0 Å². The Bertz CT molecular complexity index is 1140. The number of nitrogens with zero attached hydrogens (tertiary/aromatic N) is 1. The van der Waals surface area contributed by atoms with Crippen LogP contribution >= 0.6 is 17.0 Å². The van der Waals surface area contributed by atoms with Crippen LogP contribution in [0.3, 0.4) is 0 Å². The lowest BCUT2D eigenvalue weighted by Crippen LogP contribution is -2.37. The summed E-state index contributed by atoms with van der Waals surface area (Å²) in [6.07, 6.45) is 3.89. The van der Waals surface area contributed by atoms with Gasteiger partial charge in [-0.15, -0.1) is 17.0 Å². The second kappa shape index (κ2) is 9.26. The number of halogens is 1. The zero-order valence-electron chi connectivity index (χ0n) is 15.6. The van der Waals surface area contributed by atoms with Crippen LogP contribution in [0.5, 0.6) is 0 Å². The van der Waals surface area contributed by atoms with Gasteiger partial charge in [-0.25, -0.2) is 0 Å². The van der Waals surface area contributed by atoms with Crippen molar-refractivity contribution in [3.63, 3.8) is 0 Å². The van der Waals surface area contributed by atoms with E-state index in [0.29, 0.717) is 16.8 Å². The van der Waals surface area contributed by atoms with Crippen LogP contribution < -0.4 is 9.88 Å². The highest BCUT2D eigenvalue weighted by atomic mass is 79.9. The highest BCUT2D eigenvalue weighted by Gasteiger charge is 2.13. The summed E-state index contributed by atoms with van der Waals surface area (Å²) in [7, 11) is 0. The van der Waals surface area contributed by atoms with Crippen molar-refractivity contribution >= 4 is 45.1 Å². The lowest BCUT2D eigenvalue weighted by Gasteiger charge is -2.06. The summed E-state index contributed by atoms with van der Waals surface area (Å²) in [6, 6.07) is 26.1. The Labute approximate surface area is 179 Å². The summed E-state index contributed by atoms with van der Waals surface area (Å²) in [4.78, 5) is 24.8. The molecule has 4 nitrogen and oxygen atoms in total. The normalized spacial score (nSPS) is 10.2. The summed E-state index contributed by atoms with van der Waals surface area (Å²) in [5, 5.41) is 5.08. The Morgan fingerprint density at radius 3 is 2.10 bits per heavy atom. The first-order valence-electron chi connectivity index (χ1n) is 9.06. The standard InChI is InChI=1S/C24H18N2O2.BrH/c27-23(17-26-15-14-18-6-4-5-9-21(18)16-26)19-10-12-22(13-11-19)25-24(28)20-7-2-1-3-8-20;/h1-16H,17H2;1H/p+1. The average molecular weight is 448 g/mol. The predicted octanol–water partition coefficient (Wildman–Crippen LogP) is 4.84. The van der Waals surface area contributed by atoms with Gasteiger partial charge in [-0.2, -0.15) is 4.57 Å². The van der Waals surface area contributed by atoms with Gasteiger partial charge in [0, 0.05) is 28.3 Å². The van der Waals surface area contributed by atoms with Gasteiger partial charge in [-0.05, 0) is 47.9 Å². The van der Waals surface area contributed by atoms with E-state index < -0.39 is 0 Å². The molecule has 1 N–H and O–H groups in total. The van der Waals surface area contributed by atoms with Gasteiger partial charge < -0.3 is 5.32 Å². The van der Waals surface area contributed by atoms with E-state index in [9.17, 15) is 9.59 Å². The van der Waals surface area contributed by atoms with Crippen molar-refractivity contribution < 1.29 is 14.2 Å². The molecule has 29 heavy (non-hydrogen) atoms. The summed E-state index contributed by atoms with van der Waals surface area (Å²) in [6.45, 7) is 0.264. The van der Waals surface area contributed by atoms with Crippen molar-refractivity contribution in [1.29, 1.82) is 0 Å². The van der Waals surface area contributed by atoms with E-state index in [0.717, 1.165) is 10.8 Å². The minimum atomic E-state index is -0.175. The molecule has 4 rings (SSSR count). The molecule has 144 valence electrons. The lowest BCUT2D eigenvalue weighted by atomic mass is 10.1. The van der Waals surface area contributed by atoms with Gasteiger partial charge in [0.1, 0.15) is 0 Å². The van der Waals surface area contributed by atoms with Crippen LogP contribution in [0, 0.1) is 0 Å². The monoisotopic (exact) mass is 447 g/mol. The molecule has 0 spiro atoms. The minimum Gasteiger partial charge on any atom is -0.322 e. The van der Waals surface area contributed by atoms with Crippen molar-refractivity contribution in [3.8, 4) is 0 Å². The molecule has 0 aliphatic rings. The molecule has 0 aliphatic heterocycles. The number of nitrogens with one attached hydrogen (secondary N) is 1. The number of aromatic nitrogens is 1. The Balaban J connectivity index is 0.00000240. The molecule has 3 aromatic carbocycles. The third kappa shape index (κ3) is 4.95. The molecule has 1 aromatic heterocycles. The molecule has 0 aliphatic carbocycles. The number of rotatable bonds is 5. The highest BCUT2D eigenvalue weighted by molar-refractivity contribution is 8.93. The summed E-state index contributed by atoms with van der Waals surface area (Å²) >= 11 is 0. The van der Waals surface area contributed by atoms with Crippen molar-refractivity contribution in [3.05, 3.63) is 108 Å². The van der Waals surface area contributed by atoms with Crippen LogP contribution in [-0.4, -0.2) is 11.7 Å². The third-order valence-electron chi connectivity index (χ3n) is 4.57. The molecule has 1 amide bonds. The molecule has 0 saturated heterocycles. The van der Waals surface area contributed by atoms with Crippen molar-refractivity contribution in [2.75, 3.05) is 5.32 Å². The number of carbonyl (C=O) groups excluding carboxylic acids is 2. The van der Waals surface area contributed by atoms with Gasteiger partial charge >= 0.3 is 0 Å². The van der Waals surface area contributed by atoms with Crippen LogP contribution in [0.1, 0.15) is 20.7 Å². The Kier molecular flexibility index (Phi) is 6.52. The van der Waals surface area contributed by atoms with Crippen LogP contribution in [0.15, 0.2) is 97.3 Å². The SMILES string of the molecule is Br.O=C(C[n+]1ccc2ccccc2c1)c1ccc(NC(=O)c2ccccc2)cc1. The number of ketones is 1. The van der Waals surface area contributed by atoms with E-state index in [1.54, 1.807) is 36.4 Å². The number of carbonyl (C=O) groups is 2. The summed E-state index contributed by atoms with van der Waals surface area (Å²) in [5.41, 5.74) is 1.86. The first-order chi connectivity index (χ1) is 13.7. The fourth-order valence-corrected chi connectivity index (χ4v) is 3.07. The first kappa shape index (κ1) is 20.4. The lowest BCUT2D eigenvalue weighted by molar-refractivity contribution is -0.681. The van der Waals surface area contributed by atoms with Gasteiger partial charge in [0.15, 0.2) is 12.4 Å². The zero-order valence-corrected chi connectivity index (χ0v) is 17.3. The van der Waals surface area contributed by atoms with Gasteiger partial charge in [0.2, 0.25) is 12.3 Å². The molecule has 0 radical (unpaired) electrons. The Morgan fingerprint density at radius 1 is 0.724 bits per heavy atom. The number of pyridine rings is 1. The molecule has 0 saturated carbocycles. The minimum absolute atomic E-state index is 0. The maximum Gasteiger partial charge on any atom is 0.255 e. The molecule has 4 aromatic rings. The molecule has 0 unspecified atom stereocenters. The van der Waals surface area contributed by atoms with Gasteiger partial charge in [-0.3, -0.25) is 9.59 Å². The summed E-state index contributed by atoms with van der Waals surface area (Å²) in [5.74, 6) is -0.160. The van der Waals surface area contributed by atoms with Gasteiger partial charge in [0.25, 0.3) is 5.91 Å². The Hall–Kier alpha value is -3.31. The second-order valence-corrected chi connectivity index (χ2v) is 6.57. The maximum absolute atomic E-state index is 12.6. The van der Waals surface area contributed by atoms with E-state index in [4.69, 9.17) is 0 Å². The average Bonchev–Trinajstić information content (AvgIpc) is 2.75. The topological polar surface area (TPSA) is 50.0 Å². The molecular weight excluding hydrogens is 428 g/mol. The quantitative estimate of drug-likeness (QED) is 0.351. The number of hydrogen-bond donors (Lipinski definition) is 1. The van der Waals surface area contributed by atoms with E-state index >= 15 is 0 Å². The zero-order chi connectivity index (χ0) is 19.3. The van der Waals surface area contributed by atoms with Crippen LogP contribution in [0.25, 0.3) is 10.8 Å². The first-order valence-corrected chi connectivity index (χ1v) is 9.06. The second-order valence-electron chi connectivity index (χ2n) is 6.57. The molecule has 0 fully saturated rings. The summed E-state index contributed by atoms with van der Waals surface area (Å²) < 4.78 is 1.88. The predicted molar refractivity (Wildman–Crippen MR) is 120 cm³/mol. The van der Waals surface area contributed by atoms with E-state index in [-0.39, 0.29) is 35.2 Å². The largest absolute Gasteiger partial charge is 0.322 e. The van der Waals surface area contributed by atoms with Crippen LogP contribution in [0.4, 0.5) is 5.69 Å². The van der Waals surface area contributed by atoms with Crippen molar-refractivity contribution in [2.45, 2.75) is 6.54 Å². The molecular formula is C24H20BrN2O2+. The van der Waals surface area contributed by atoms with E-state index in [1.807, 2.05) is 65.5 Å². The van der Waals surface area contributed by atoms with Gasteiger partial charge in [-0.1, -0.05) is 36.4 Å². The van der Waals surface area contributed by atoms with Crippen LogP contribution in [-0.2, 0) is 6.54 Å². The number of anilines is 1. The smallest absolute Gasteiger partial charge is 0.255 e. The number of Topliss-reactive ketones (excluding diaryl/α,β-unsaturated/α-hetero) is 1. The Morgan fingerprint density at radius 2 is 1.38 bits per heavy atom. The van der Waals surface area contributed by atoms with Crippen molar-refractivity contribution in [2.24, 2.45) is 0 Å². The van der Waals surface area contributed by atoms with E-state index in [1.165, 1.54) is 0 Å². The molecule has 1 heterocycles. The van der Waals surface area contributed by atoms with Crippen molar-refractivity contribution in [1.82, 2.24) is 0 Å². The molecule has 0 atom stereocenters. The third-order valence-corrected chi connectivity index (χ3v) is 4.57. The fraction of sp³-hybridized carbons (Fsp3) is 0.0417. The highest BCUT2D eigenvalue weighted by Crippen LogP contribution is 2.13. The molecule has 5 heteroatoms. The fourth-order valence-electron chi connectivity index (χ4n) is 3.07. The number of hydrogen-bond acceptors (Lipinski definition) is 2. The van der Waals surface area contributed by atoms with Crippen LogP contribution in [0.2, 0.25) is 0 Å². The number of fused-ring (bicyclic) bond motifs is 1. The van der Waals surface area contributed by atoms with E-state index in [2.05, 4.69) is 5.32 Å². The molecule has 0 bridgehead atoms. The maximum atomic E-state index is 12.6. The number of amides is 1.